The predicted molar refractivity (Wildman–Crippen MR) is 102 cm³/mol. The number of nitrogens with one attached hydrogen (secondary N) is 1. The highest BCUT2D eigenvalue weighted by atomic mass is 32.1. The second-order valence-corrected chi connectivity index (χ2v) is 7.06. The van der Waals surface area contributed by atoms with Gasteiger partial charge in [-0.15, -0.1) is 10.2 Å². The van der Waals surface area contributed by atoms with Crippen LogP contribution in [0.15, 0.2) is 30.3 Å². The van der Waals surface area contributed by atoms with Crippen molar-refractivity contribution in [3.63, 3.8) is 0 Å². The zero-order valence-corrected chi connectivity index (χ0v) is 15.8. The molecule has 1 N–H and O–H groups in total. The Morgan fingerprint density at radius 2 is 2.00 bits per heavy atom. The number of rotatable bonds is 11. The van der Waals surface area contributed by atoms with Crippen molar-refractivity contribution in [1.29, 1.82) is 0 Å². The van der Waals surface area contributed by atoms with Crippen LogP contribution in [0.1, 0.15) is 51.0 Å². The van der Waals surface area contributed by atoms with Crippen LogP contribution in [0.25, 0.3) is 0 Å². The quantitative estimate of drug-likeness (QED) is 0.589. The molecule has 0 spiro atoms. The van der Waals surface area contributed by atoms with Crippen LogP contribution in [0.5, 0.6) is 5.75 Å². The summed E-state index contributed by atoms with van der Waals surface area (Å²) in [6.07, 6.45) is 5.64. The van der Waals surface area contributed by atoms with E-state index >= 15 is 0 Å². The van der Waals surface area contributed by atoms with Crippen molar-refractivity contribution >= 4 is 22.4 Å². The van der Waals surface area contributed by atoms with E-state index in [0.29, 0.717) is 11.7 Å². The minimum atomic E-state index is 0.0612. The lowest BCUT2D eigenvalue weighted by molar-refractivity contribution is -0.120. The minimum Gasteiger partial charge on any atom is -0.494 e. The minimum absolute atomic E-state index is 0.0612. The number of hydrogen-bond donors (Lipinski definition) is 1. The second kappa shape index (κ2) is 10.8. The number of para-hydroxylation sites is 1. The van der Waals surface area contributed by atoms with Crippen molar-refractivity contribution in [2.24, 2.45) is 5.92 Å². The molecule has 1 heterocycles. The number of nitrogens with zero attached hydrogens (tertiary/aromatic N) is 2. The Morgan fingerprint density at radius 3 is 2.72 bits per heavy atom. The molecule has 0 aliphatic heterocycles. The Morgan fingerprint density at radius 1 is 1.20 bits per heavy atom. The highest BCUT2D eigenvalue weighted by Gasteiger charge is 2.17. The number of aromatic nitrogens is 2. The molecule has 0 fully saturated rings. The molecule has 0 saturated carbocycles. The van der Waals surface area contributed by atoms with E-state index < -0.39 is 0 Å². The van der Waals surface area contributed by atoms with E-state index in [2.05, 4.69) is 29.4 Å². The van der Waals surface area contributed by atoms with E-state index in [1.807, 2.05) is 30.3 Å². The first-order valence-corrected chi connectivity index (χ1v) is 9.85. The van der Waals surface area contributed by atoms with Crippen molar-refractivity contribution in [2.75, 3.05) is 11.9 Å². The number of aryl methyl sites for hydroxylation is 1. The van der Waals surface area contributed by atoms with Crippen molar-refractivity contribution in [2.45, 2.75) is 52.4 Å². The van der Waals surface area contributed by atoms with E-state index in [1.54, 1.807) is 0 Å². The maximum atomic E-state index is 12.3. The van der Waals surface area contributed by atoms with Gasteiger partial charge in [-0.3, -0.25) is 4.79 Å². The highest BCUT2D eigenvalue weighted by molar-refractivity contribution is 7.15. The number of anilines is 1. The van der Waals surface area contributed by atoms with Crippen LogP contribution in [0.2, 0.25) is 0 Å². The summed E-state index contributed by atoms with van der Waals surface area (Å²) in [7, 11) is 0. The van der Waals surface area contributed by atoms with Gasteiger partial charge in [-0.2, -0.15) is 0 Å². The van der Waals surface area contributed by atoms with E-state index in [4.69, 9.17) is 4.74 Å². The molecule has 1 aromatic carbocycles. The van der Waals surface area contributed by atoms with Gasteiger partial charge < -0.3 is 10.1 Å². The van der Waals surface area contributed by atoms with Crippen LogP contribution in [-0.2, 0) is 11.2 Å². The Balaban J connectivity index is 1.73. The Labute approximate surface area is 153 Å². The average molecular weight is 362 g/mol. The first kappa shape index (κ1) is 19.4. The zero-order chi connectivity index (χ0) is 17.9. The molecule has 5 nitrogen and oxygen atoms in total. The van der Waals surface area contributed by atoms with Gasteiger partial charge in [0.25, 0.3) is 0 Å². The number of amides is 1. The number of carbonyl (C=O) groups is 1. The van der Waals surface area contributed by atoms with Gasteiger partial charge in [-0.1, -0.05) is 56.2 Å². The molecule has 6 heteroatoms. The number of ether oxygens (including phenoxy) is 1. The highest BCUT2D eigenvalue weighted by Crippen LogP contribution is 2.20. The van der Waals surface area contributed by atoms with Gasteiger partial charge in [-0.25, -0.2) is 0 Å². The summed E-state index contributed by atoms with van der Waals surface area (Å²) < 4.78 is 5.67. The normalized spacial score (nSPS) is 11.9. The Hall–Kier alpha value is -1.95. The summed E-state index contributed by atoms with van der Waals surface area (Å²) in [5, 5.41) is 12.7. The molecule has 0 radical (unpaired) electrons. The van der Waals surface area contributed by atoms with Crippen LogP contribution in [-0.4, -0.2) is 22.7 Å². The molecule has 1 atom stereocenters. The standard InChI is InChI=1S/C19H27N3O2S/c1-3-5-10-15(4-2)18(23)20-19-22-21-17(25-19)13-9-14-24-16-11-7-6-8-12-16/h6-8,11-12,15H,3-5,9-10,13-14H2,1-2H3,(H,20,22,23). The molecule has 25 heavy (non-hydrogen) atoms. The third-order valence-corrected chi connectivity index (χ3v) is 4.91. The largest absolute Gasteiger partial charge is 0.494 e. The van der Waals surface area contributed by atoms with Gasteiger partial charge in [0.15, 0.2) is 0 Å². The molecular weight excluding hydrogens is 334 g/mol. The van der Waals surface area contributed by atoms with Crippen molar-refractivity contribution in [3.8, 4) is 5.75 Å². The Kier molecular flexibility index (Phi) is 8.39. The van der Waals surface area contributed by atoms with Crippen LogP contribution >= 0.6 is 11.3 Å². The lowest BCUT2D eigenvalue weighted by Crippen LogP contribution is -2.22. The van der Waals surface area contributed by atoms with Crippen LogP contribution < -0.4 is 10.1 Å². The van der Waals surface area contributed by atoms with Gasteiger partial charge in [0, 0.05) is 12.3 Å². The third kappa shape index (κ3) is 6.82. The average Bonchev–Trinajstić information content (AvgIpc) is 3.07. The second-order valence-electron chi connectivity index (χ2n) is 6.00. The fourth-order valence-corrected chi connectivity index (χ4v) is 3.30. The molecule has 0 aliphatic carbocycles. The number of benzene rings is 1. The summed E-state index contributed by atoms with van der Waals surface area (Å²) in [6.45, 7) is 4.83. The zero-order valence-electron chi connectivity index (χ0n) is 15.0. The molecule has 0 saturated heterocycles. The van der Waals surface area contributed by atoms with Gasteiger partial charge in [0.1, 0.15) is 10.8 Å². The number of hydrogen-bond acceptors (Lipinski definition) is 5. The molecule has 1 unspecified atom stereocenters. The summed E-state index contributed by atoms with van der Waals surface area (Å²) in [6, 6.07) is 9.77. The monoisotopic (exact) mass is 361 g/mol. The van der Waals surface area contributed by atoms with E-state index in [1.165, 1.54) is 11.3 Å². The molecule has 0 aliphatic rings. The van der Waals surface area contributed by atoms with Crippen LogP contribution in [0, 0.1) is 5.92 Å². The summed E-state index contributed by atoms with van der Waals surface area (Å²) >= 11 is 1.45. The lowest BCUT2D eigenvalue weighted by atomic mass is 9.99. The van der Waals surface area contributed by atoms with Crippen LogP contribution in [0.3, 0.4) is 0 Å². The van der Waals surface area contributed by atoms with Crippen LogP contribution in [0.4, 0.5) is 5.13 Å². The summed E-state index contributed by atoms with van der Waals surface area (Å²) in [4.78, 5) is 12.3. The van der Waals surface area contributed by atoms with E-state index in [-0.39, 0.29) is 11.8 Å². The molecule has 1 aromatic heterocycles. The first-order valence-electron chi connectivity index (χ1n) is 9.04. The predicted octanol–water partition coefficient (Wildman–Crippen LogP) is 4.70. The summed E-state index contributed by atoms with van der Waals surface area (Å²) in [5.74, 6) is 1.00. The van der Waals surface area contributed by atoms with Gasteiger partial charge in [-0.05, 0) is 31.4 Å². The molecule has 2 rings (SSSR count). The fourth-order valence-electron chi connectivity index (χ4n) is 2.51. The van der Waals surface area contributed by atoms with Crippen molar-refractivity contribution in [3.05, 3.63) is 35.3 Å². The topological polar surface area (TPSA) is 64.1 Å². The summed E-state index contributed by atoms with van der Waals surface area (Å²) in [5.41, 5.74) is 0. The maximum Gasteiger partial charge on any atom is 0.229 e. The number of carbonyl (C=O) groups excluding carboxylic acids is 1. The molecule has 136 valence electrons. The van der Waals surface area contributed by atoms with E-state index in [0.717, 1.165) is 49.3 Å². The first-order chi connectivity index (χ1) is 12.2. The molecular formula is C19H27N3O2S. The fraction of sp³-hybridized carbons (Fsp3) is 0.526. The third-order valence-electron chi connectivity index (χ3n) is 4.01. The Bertz CT molecular complexity index is 631. The van der Waals surface area contributed by atoms with Gasteiger partial charge in [0.2, 0.25) is 11.0 Å². The molecule has 2 aromatic rings. The van der Waals surface area contributed by atoms with E-state index in [9.17, 15) is 4.79 Å². The molecule has 1 amide bonds. The number of unbranched alkanes of at least 4 members (excludes halogenated alkanes) is 1. The van der Waals surface area contributed by atoms with Crippen molar-refractivity contribution < 1.29 is 9.53 Å². The molecule has 0 bridgehead atoms. The maximum absolute atomic E-state index is 12.3. The van der Waals surface area contributed by atoms with Crippen molar-refractivity contribution in [1.82, 2.24) is 10.2 Å². The smallest absolute Gasteiger partial charge is 0.229 e. The SMILES string of the molecule is CCCCC(CC)C(=O)Nc1nnc(CCCOc2ccccc2)s1. The lowest BCUT2D eigenvalue weighted by Gasteiger charge is -2.12. The van der Waals surface area contributed by atoms with Gasteiger partial charge in [0.05, 0.1) is 6.61 Å². The van der Waals surface area contributed by atoms with Gasteiger partial charge >= 0.3 is 0 Å².